The molecule has 1 amide bonds. The summed E-state index contributed by atoms with van der Waals surface area (Å²) >= 11 is 1.44. The third-order valence-corrected chi connectivity index (χ3v) is 4.68. The predicted octanol–water partition coefficient (Wildman–Crippen LogP) is 2.89. The zero-order chi connectivity index (χ0) is 14.5. The van der Waals surface area contributed by atoms with Crippen LogP contribution >= 0.6 is 11.3 Å². The summed E-state index contributed by atoms with van der Waals surface area (Å²) in [6.07, 6.45) is 3.85. The van der Waals surface area contributed by atoms with Gasteiger partial charge in [0.2, 0.25) is 0 Å². The average molecular weight is 291 g/mol. The maximum absolute atomic E-state index is 12.6. The Labute approximate surface area is 124 Å². The number of piperidine rings is 1. The molecule has 0 radical (unpaired) electrons. The highest BCUT2D eigenvalue weighted by Gasteiger charge is 2.30. The highest BCUT2D eigenvalue weighted by molar-refractivity contribution is 7.14. The molecule has 2 rings (SSSR count). The SMILES string of the molecule is CC1CCCC(C)N1C(=O)c1ccc(C#CCCO)s1. The van der Waals surface area contributed by atoms with Gasteiger partial charge in [-0.2, -0.15) is 0 Å². The number of likely N-dealkylation sites (tertiary alicyclic amines) is 1. The molecule has 4 heteroatoms. The number of nitrogens with zero attached hydrogens (tertiary/aromatic N) is 1. The van der Waals surface area contributed by atoms with Crippen LogP contribution in [-0.2, 0) is 0 Å². The highest BCUT2D eigenvalue weighted by atomic mass is 32.1. The Morgan fingerprint density at radius 3 is 2.75 bits per heavy atom. The molecule has 1 N–H and O–H groups in total. The predicted molar refractivity (Wildman–Crippen MR) is 81.8 cm³/mol. The molecular formula is C16H21NO2S. The van der Waals surface area contributed by atoms with Crippen LogP contribution in [0.3, 0.4) is 0 Å². The van der Waals surface area contributed by atoms with Gasteiger partial charge in [-0.25, -0.2) is 0 Å². The Kier molecular flexibility index (Phi) is 5.22. The molecule has 20 heavy (non-hydrogen) atoms. The van der Waals surface area contributed by atoms with Crippen molar-refractivity contribution in [1.82, 2.24) is 4.90 Å². The van der Waals surface area contributed by atoms with Gasteiger partial charge in [-0.05, 0) is 45.2 Å². The number of aliphatic hydroxyl groups is 1. The largest absolute Gasteiger partial charge is 0.395 e. The van der Waals surface area contributed by atoms with Crippen LogP contribution in [-0.4, -0.2) is 34.6 Å². The minimum absolute atomic E-state index is 0.0764. The van der Waals surface area contributed by atoms with Crippen molar-refractivity contribution in [3.63, 3.8) is 0 Å². The molecule has 1 aromatic heterocycles. The van der Waals surface area contributed by atoms with Crippen LogP contribution in [0, 0.1) is 11.8 Å². The van der Waals surface area contributed by atoms with E-state index in [1.54, 1.807) is 0 Å². The number of hydrogen-bond donors (Lipinski definition) is 1. The lowest BCUT2D eigenvalue weighted by molar-refractivity contribution is 0.0516. The van der Waals surface area contributed by atoms with E-state index in [9.17, 15) is 4.79 Å². The summed E-state index contributed by atoms with van der Waals surface area (Å²) in [5, 5.41) is 8.71. The summed E-state index contributed by atoms with van der Waals surface area (Å²) in [4.78, 5) is 16.3. The van der Waals surface area contributed by atoms with Crippen LogP contribution in [0.2, 0.25) is 0 Å². The quantitative estimate of drug-likeness (QED) is 0.851. The highest BCUT2D eigenvalue weighted by Crippen LogP contribution is 2.26. The first-order chi connectivity index (χ1) is 9.63. The van der Waals surface area contributed by atoms with Crippen molar-refractivity contribution in [3.8, 4) is 11.8 Å². The summed E-state index contributed by atoms with van der Waals surface area (Å²) in [5.41, 5.74) is 0. The van der Waals surface area contributed by atoms with E-state index in [4.69, 9.17) is 5.11 Å². The molecule has 2 atom stereocenters. The molecule has 0 spiro atoms. The van der Waals surface area contributed by atoms with E-state index in [-0.39, 0.29) is 12.5 Å². The van der Waals surface area contributed by atoms with Crippen LogP contribution < -0.4 is 0 Å². The topological polar surface area (TPSA) is 40.5 Å². The molecule has 0 bridgehead atoms. The molecule has 1 aliphatic heterocycles. The van der Waals surface area contributed by atoms with Crippen molar-refractivity contribution < 1.29 is 9.90 Å². The molecule has 3 nitrogen and oxygen atoms in total. The van der Waals surface area contributed by atoms with Crippen LogP contribution in [0.4, 0.5) is 0 Å². The van der Waals surface area contributed by atoms with E-state index in [0.29, 0.717) is 18.5 Å². The number of amides is 1. The van der Waals surface area contributed by atoms with Crippen molar-refractivity contribution in [2.24, 2.45) is 0 Å². The zero-order valence-corrected chi connectivity index (χ0v) is 12.9. The van der Waals surface area contributed by atoms with Gasteiger partial charge in [0.1, 0.15) is 0 Å². The fourth-order valence-corrected chi connectivity index (χ4v) is 3.50. The average Bonchev–Trinajstić information content (AvgIpc) is 2.87. The summed E-state index contributed by atoms with van der Waals surface area (Å²) in [6.45, 7) is 4.33. The first kappa shape index (κ1) is 15.1. The van der Waals surface area contributed by atoms with Crippen molar-refractivity contribution in [2.75, 3.05) is 6.61 Å². The summed E-state index contributed by atoms with van der Waals surface area (Å²) in [7, 11) is 0. The molecule has 0 saturated carbocycles. The zero-order valence-electron chi connectivity index (χ0n) is 12.1. The summed E-state index contributed by atoms with van der Waals surface area (Å²) in [6, 6.07) is 4.39. The van der Waals surface area contributed by atoms with Crippen molar-refractivity contribution in [3.05, 3.63) is 21.9 Å². The minimum atomic E-state index is 0.0764. The van der Waals surface area contributed by atoms with E-state index >= 15 is 0 Å². The lowest BCUT2D eigenvalue weighted by Crippen LogP contribution is -2.47. The van der Waals surface area contributed by atoms with Gasteiger partial charge in [0.25, 0.3) is 5.91 Å². The monoisotopic (exact) mass is 291 g/mol. The lowest BCUT2D eigenvalue weighted by atomic mass is 9.97. The first-order valence-corrected chi connectivity index (χ1v) is 7.97. The van der Waals surface area contributed by atoms with E-state index < -0.39 is 0 Å². The maximum Gasteiger partial charge on any atom is 0.264 e. The summed E-state index contributed by atoms with van der Waals surface area (Å²) < 4.78 is 0. The molecule has 1 fully saturated rings. The van der Waals surface area contributed by atoms with Crippen molar-refractivity contribution >= 4 is 17.2 Å². The molecule has 1 aromatic rings. The lowest BCUT2D eigenvalue weighted by Gasteiger charge is -2.38. The number of carbonyl (C=O) groups is 1. The number of hydrogen-bond acceptors (Lipinski definition) is 3. The Morgan fingerprint density at radius 2 is 2.10 bits per heavy atom. The van der Waals surface area contributed by atoms with Crippen molar-refractivity contribution in [2.45, 2.75) is 51.6 Å². The van der Waals surface area contributed by atoms with Crippen LogP contribution in [0.5, 0.6) is 0 Å². The van der Waals surface area contributed by atoms with Crippen LogP contribution in [0.1, 0.15) is 54.1 Å². The van der Waals surface area contributed by atoms with Gasteiger partial charge in [-0.3, -0.25) is 4.79 Å². The van der Waals surface area contributed by atoms with E-state index in [1.807, 2.05) is 17.0 Å². The fraction of sp³-hybridized carbons (Fsp3) is 0.562. The maximum atomic E-state index is 12.6. The van der Waals surface area contributed by atoms with Gasteiger partial charge in [0, 0.05) is 18.5 Å². The normalized spacial score (nSPS) is 22.2. The Hall–Kier alpha value is -1.31. The Bertz CT molecular complexity index is 516. The van der Waals surface area contributed by atoms with E-state index in [1.165, 1.54) is 17.8 Å². The number of thiophene rings is 1. The Balaban J connectivity index is 2.11. The fourth-order valence-electron chi connectivity index (χ4n) is 2.67. The van der Waals surface area contributed by atoms with Gasteiger partial charge in [-0.1, -0.05) is 11.8 Å². The first-order valence-electron chi connectivity index (χ1n) is 7.15. The molecular weight excluding hydrogens is 270 g/mol. The molecule has 0 aromatic carbocycles. The molecule has 2 heterocycles. The van der Waals surface area contributed by atoms with E-state index in [0.717, 1.165) is 22.6 Å². The molecule has 1 saturated heterocycles. The van der Waals surface area contributed by atoms with Gasteiger partial charge in [0.15, 0.2) is 0 Å². The number of rotatable bonds is 2. The summed E-state index contributed by atoms with van der Waals surface area (Å²) in [5.74, 6) is 6.00. The van der Waals surface area contributed by atoms with Crippen LogP contribution in [0.25, 0.3) is 0 Å². The molecule has 1 aliphatic rings. The smallest absolute Gasteiger partial charge is 0.264 e. The van der Waals surface area contributed by atoms with Crippen LogP contribution in [0.15, 0.2) is 12.1 Å². The standard InChI is InChI=1S/C16H21NO2S/c1-12-6-5-7-13(2)17(12)16(19)15-10-9-14(20-15)8-3-4-11-18/h9-10,12-13,18H,4-7,11H2,1-2H3. The molecule has 2 unspecified atom stereocenters. The third kappa shape index (κ3) is 3.41. The molecule has 108 valence electrons. The third-order valence-electron chi connectivity index (χ3n) is 3.69. The second-order valence-corrected chi connectivity index (χ2v) is 6.36. The minimum Gasteiger partial charge on any atom is -0.395 e. The number of carbonyl (C=O) groups excluding carboxylic acids is 1. The van der Waals surface area contributed by atoms with Crippen molar-refractivity contribution in [1.29, 1.82) is 0 Å². The van der Waals surface area contributed by atoms with Gasteiger partial charge in [-0.15, -0.1) is 11.3 Å². The van der Waals surface area contributed by atoms with Gasteiger partial charge in [0.05, 0.1) is 16.4 Å². The number of aliphatic hydroxyl groups excluding tert-OH is 1. The second kappa shape index (κ2) is 6.92. The Morgan fingerprint density at radius 1 is 1.40 bits per heavy atom. The molecule has 0 aliphatic carbocycles. The van der Waals surface area contributed by atoms with Gasteiger partial charge < -0.3 is 10.0 Å². The van der Waals surface area contributed by atoms with Gasteiger partial charge >= 0.3 is 0 Å². The van der Waals surface area contributed by atoms with E-state index in [2.05, 4.69) is 25.7 Å². The second-order valence-electron chi connectivity index (χ2n) is 5.28.